The highest BCUT2D eigenvalue weighted by atomic mass is 16.1. The lowest BCUT2D eigenvalue weighted by molar-refractivity contribution is 0.0952. The Morgan fingerprint density at radius 3 is 2.75 bits per heavy atom. The molecule has 0 spiro atoms. The summed E-state index contributed by atoms with van der Waals surface area (Å²) >= 11 is 0. The molecule has 1 heterocycles. The van der Waals surface area contributed by atoms with Gasteiger partial charge in [-0.1, -0.05) is 39.5 Å². The first-order chi connectivity index (χ1) is 7.67. The minimum absolute atomic E-state index is 0.184. The fraction of sp³-hybridized carbons (Fsp3) is 0.692. The van der Waals surface area contributed by atoms with Crippen LogP contribution in [0.25, 0.3) is 0 Å². The van der Waals surface area contributed by atoms with E-state index in [1.807, 2.05) is 11.6 Å². The van der Waals surface area contributed by atoms with Crippen LogP contribution in [0.3, 0.4) is 0 Å². The maximum absolute atomic E-state index is 11.9. The van der Waals surface area contributed by atoms with E-state index in [-0.39, 0.29) is 5.78 Å². The predicted octanol–water partition coefficient (Wildman–Crippen LogP) is 3.21. The lowest BCUT2D eigenvalue weighted by atomic mass is 9.93. The highest BCUT2D eigenvalue weighted by Crippen LogP contribution is 2.18. The summed E-state index contributed by atoms with van der Waals surface area (Å²) in [7, 11) is 1.89. The van der Waals surface area contributed by atoms with E-state index in [0.717, 1.165) is 12.8 Å². The fourth-order valence-electron chi connectivity index (χ4n) is 1.87. The molecule has 0 aliphatic rings. The second-order valence-corrected chi connectivity index (χ2v) is 4.47. The van der Waals surface area contributed by atoms with Gasteiger partial charge in [-0.2, -0.15) is 0 Å². The van der Waals surface area contributed by atoms with E-state index in [2.05, 4.69) is 18.8 Å². The van der Waals surface area contributed by atoms with Crippen molar-refractivity contribution in [1.82, 2.24) is 9.55 Å². The van der Waals surface area contributed by atoms with Crippen LogP contribution in [0.4, 0.5) is 0 Å². The minimum atomic E-state index is 0.184. The van der Waals surface area contributed by atoms with Crippen molar-refractivity contribution < 1.29 is 4.79 Å². The van der Waals surface area contributed by atoms with E-state index in [0.29, 0.717) is 18.0 Å². The highest BCUT2D eigenvalue weighted by Gasteiger charge is 2.15. The molecule has 16 heavy (non-hydrogen) atoms. The molecule has 0 N–H and O–H groups in total. The van der Waals surface area contributed by atoms with Gasteiger partial charge >= 0.3 is 0 Å². The number of hydrogen-bond acceptors (Lipinski definition) is 2. The van der Waals surface area contributed by atoms with Crippen molar-refractivity contribution in [3.8, 4) is 0 Å². The van der Waals surface area contributed by atoms with Gasteiger partial charge in [0.25, 0.3) is 0 Å². The second-order valence-electron chi connectivity index (χ2n) is 4.47. The summed E-state index contributed by atoms with van der Waals surface area (Å²) in [6, 6.07) is 0. The van der Waals surface area contributed by atoms with Crippen molar-refractivity contribution in [1.29, 1.82) is 0 Å². The molecule has 1 unspecified atom stereocenters. The Morgan fingerprint density at radius 2 is 2.25 bits per heavy atom. The molecule has 0 aromatic carbocycles. The number of ketones is 1. The molecule has 0 aliphatic carbocycles. The number of Topliss-reactive ketones (excluding diaryl/α,β-unsaturated/α-hetero) is 1. The number of rotatable bonds is 7. The van der Waals surface area contributed by atoms with E-state index in [1.165, 1.54) is 12.8 Å². The molecule has 1 rings (SSSR count). The fourth-order valence-corrected chi connectivity index (χ4v) is 1.87. The van der Waals surface area contributed by atoms with Crippen molar-refractivity contribution in [2.45, 2.75) is 46.0 Å². The summed E-state index contributed by atoms with van der Waals surface area (Å²) in [5.74, 6) is 0.706. The van der Waals surface area contributed by atoms with Crippen LogP contribution in [0.1, 0.15) is 56.4 Å². The Hall–Kier alpha value is -1.12. The van der Waals surface area contributed by atoms with E-state index in [4.69, 9.17) is 0 Å². The third-order valence-corrected chi connectivity index (χ3v) is 3.01. The van der Waals surface area contributed by atoms with Crippen molar-refractivity contribution in [2.24, 2.45) is 13.0 Å². The Balaban J connectivity index is 2.48. The van der Waals surface area contributed by atoms with Crippen molar-refractivity contribution in [2.75, 3.05) is 0 Å². The number of imidazole rings is 1. The summed E-state index contributed by atoms with van der Waals surface area (Å²) in [5, 5.41) is 0. The number of aryl methyl sites for hydroxylation is 1. The molecule has 1 aromatic rings. The van der Waals surface area contributed by atoms with Gasteiger partial charge in [0.2, 0.25) is 0 Å². The van der Waals surface area contributed by atoms with Gasteiger partial charge in [-0.25, -0.2) is 4.98 Å². The van der Waals surface area contributed by atoms with Crippen LogP contribution >= 0.6 is 0 Å². The second kappa shape index (κ2) is 6.46. The molecule has 0 fully saturated rings. The molecule has 0 amide bonds. The van der Waals surface area contributed by atoms with E-state index >= 15 is 0 Å². The molecule has 3 nitrogen and oxygen atoms in total. The number of unbranched alkanes of at least 4 members (excludes halogenated alkanes) is 1. The van der Waals surface area contributed by atoms with Crippen LogP contribution in [-0.2, 0) is 7.05 Å². The summed E-state index contributed by atoms with van der Waals surface area (Å²) in [4.78, 5) is 16.0. The van der Waals surface area contributed by atoms with E-state index in [1.54, 1.807) is 12.5 Å². The van der Waals surface area contributed by atoms with Gasteiger partial charge in [0, 0.05) is 19.7 Å². The maximum Gasteiger partial charge on any atom is 0.183 e. The molecule has 3 heteroatoms. The number of carbonyl (C=O) groups excluding carboxylic acids is 1. The zero-order chi connectivity index (χ0) is 12.0. The largest absolute Gasteiger partial charge is 0.340 e. The first-order valence-electron chi connectivity index (χ1n) is 6.18. The first kappa shape index (κ1) is 12.9. The van der Waals surface area contributed by atoms with Crippen LogP contribution in [0.2, 0.25) is 0 Å². The summed E-state index contributed by atoms with van der Waals surface area (Å²) < 4.78 is 1.82. The SMILES string of the molecule is CCCCC(CC)CC(=O)c1cn(C)cn1. The van der Waals surface area contributed by atoms with Crippen LogP contribution in [0, 0.1) is 5.92 Å². The van der Waals surface area contributed by atoms with Gasteiger partial charge in [0.05, 0.1) is 6.33 Å². The molecule has 1 aromatic heterocycles. The molecule has 0 bridgehead atoms. The Labute approximate surface area is 97.9 Å². The number of hydrogen-bond donors (Lipinski definition) is 0. The standard InChI is InChI=1S/C13H22N2O/c1-4-6-7-11(5-2)8-13(16)12-9-15(3)10-14-12/h9-11H,4-8H2,1-3H3. The molecular weight excluding hydrogens is 200 g/mol. The number of nitrogens with zero attached hydrogens (tertiary/aromatic N) is 2. The van der Waals surface area contributed by atoms with Crippen LogP contribution in [0.15, 0.2) is 12.5 Å². The van der Waals surface area contributed by atoms with Gasteiger partial charge in [0.15, 0.2) is 5.78 Å². The van der Waals surface area contributed by atoms with Crippen LogP contribution in [0.5, 0.6) is 0 Å². The predicted molar refractivity (Wildman–Crippen MR) is 65.5 cm³/mol. The third kappa shape index (κ3) is 3.80. The van der Waals surface area contributed by atoms with Crippen molar-refractivity contribution >= 4 is 5.78 Å². The quantitative estimate of drug-likeness (QED) is 0.664. The van der Waals surface area contributed by atoms with Crippen LogP contribution in [-0.4, -0.2) is 15.3 Å². The minimum Gasteiger partial charge on any atom is -0.340 e. The molecule has 0 saturated carbocycles. The molecule has 90 valence electrons. The topological polar surface area (TPSA) is 34.9 Å². The maximum atomic E-state index is 11.9. The Kier molecular flexibility index (Phi) is 5.23. The zero-order valence-corrected chi connectivity index (χ0v) is 10.6. The zero-order valence-electron chi connectivity index (χ0n) is 10.6. The van der Waals surface area contributed by atoms with E-state index < -0.39 is 0 Å². The van der Waals surface area contributed by atoms with Gasteiger partial charge in [0.1, 0.15) is 5.69 Å². The summed E-state index contributed by atoms with van der Waals surface area (Å²) in [6.45, 7) is 4.35. The molecule has 1 atom stereocenters. The monoisotopic (exact) mass is 222 g/mol. The normalized spacial score (nSPS) is 12.7. The first-order valence-corrected chi connectivity index (χ1v) is 6.18. The van der Waals surface area contributed by atoms with Gasteiger partial charge in [-0.3, -0.25) is 4.79 Å². The summed E-state index contributed by atoms with van der Waals surface area (Å²) in [6.07, 6.45) is 8.79. The van der Waals surface area contributed by atoms with E-state index in [9.17, 15) is 4.79 Å². The molecule has 0 radical (unpaired) electrons. The average Bonchev–Trinajstić information content (AvgIpc) is 2.70. The van der Waals surface area contributed by atoms with Gasteiger partial charge in [-0.15, -0.1) is 0 Å². The van der Waals surface area contributed by atoms with Crippen molar-refractivity contribution in [3.05, 3.63) is 18.2 Å². The number of aromatic nitrogens is 2. The highest BCUT2D eigenvalue weighted by molar-refractivity contribution is 5.94. The molecule has 0 aliphatic heterocycles. The summed E-state index contributed by atoms with van der Waals surface area (Å²) in [5.41, 5.74) is 0.609. The smallest absolute Gasteiger partial charge is 0.183 e. The van der Waals surface area contributed by atoms with Crippen molar-refractivity contribution in [3.63, 3.8) is 0 Å². The third-order valence-electron chi connectivity index (χ3n) is 3.01. The average molecular weight is 222 g/mol. The van der Waals surface area contributed by atoms with Gasteiger partial charge in [-0.05, 0) is 5.92 Å². The molecule has 0 saturated heterocycles. The number of carbonyl (C=O) groups is 1. The Bertz CT molecular complexity index is 330. The molecular formula is C13H22N2O. The van der Waals surface area contributed by atoms with Gasteiger partial charge < -0.3 is 4.57 Å². The lowest BCUT2D eigenvalue weighted by Gasteiger charge is -2.12. The lowest BCUT2D eigenvalue weighted by Crippen LogP contribution is -2.08. The van der Waals surface area contributed by atoms with Crippen LogP contribution < -0.4 is 0 Å². The Morgan fingerprint density at radius 1 is 1.50 bits per heavy atom.